The maximum absolute atomic E-state index is 12.1. The first-order valence-electron chi connectivity index (χ1n) is 7.64. The summed E-state index contributed by atoms with van der Waals surface area (Å²) >= 11 is 17.7. The van der Waals surface area contributed by atoms with Crippen LogP contribution in [0.4, 0.5) is 11.4 Å². The Labute approximate surface area is 167 Å². The van der Waals surface area contributed by atoms with Crippen molar-refractivity contribution in [2.45, 2.75) is 12.8 Å². The van der Waals surface area contributed by atoms with E-state index >= 15 is 0 Å². The Balaban J connectivity index is 1.98. The molecular formula is C17H17Cl3N2O3S. The normalized spacial score (nSPS) is 11.2. The molecule has 140 valence electrons. The molecule has 9 heteroatoms. The van der Waals surface area contributed by atoms with E-state index in [-0.39, 0.29) is 18.9 Å². The molecule has 2 aromatic carbocycles. The molecule has 0 bridgehead atoms. The Morgan fingerprint density at radius 1 is 1.04 bits per heavy atom. The first-order chi connectivity index (χ1) is 12.1. The van der Waals surface area contributed by atoms with Crippen LogP contribution in [0.5, 0.6) is 0 Å². The van der Waals surface area contributed by atoms with E-state index in [4.69, 9.17) is 34.8 Å². The Morgan fingerprint density at radius 2 is 1.69 bits per heavy atom. The van der Waals surface area contributed by atoms with Crippen molar-refractivity contribution in [1.29, 1.82) is 0 Å². The number of halogens is 3. The Kier molecular flexibility index (Phi) is 7.17. The van der Waals surface area contributed by atoms with Gasteiger partial charge >= 0.3 is 0 Å². The molecule has 0 spiro atoms. The molecule has 0 radical (unpaired) electrons. The number of carbonyl (C=O) groups is 1. The number of hydrogen-bond acceptors (Lipinski definition) is 3. The molecule has 1 amide bonds. The average Bonchev–Trinajstić information content (AvgIpc) is 2.49. The molecule has 0 saturated heterocycles. The first kappa shape index (κ1) is 20.8. The van der Waals surface area contributed by atoms with Gasteiger partial charge in [-0.3, -0.25) is 9.10 Å². The monoisotopic (exact) mass is 434 g/mol. The second-order valence-corrected chi connectivity index (χ2v) is 8.84. The van der Waals surface area contributed by atoms with Crippen LogP contribution in [0.1, 0.15) is 12.8 Å². The van der Waals surface area contributed by atoms with Crippen molar-refractivity contribution in [3.05, 3.63) is 57.5 Å². The standard InChI is InChI=1S/C17H17Cl3N2O3S/c1-26(24,25)22(16-5-2-4-12(18)11-16)7-3-6-17(23)21-15-9-13(19)8-14(20)10-15/h2,4-5,8-11H,3,6-7H2,1H3,(H,21,23). The van der Waals surface area contributed by atoms with Crippen LogP contribution >= 0.6 is 34.8 Å². The SMILES string of the molecule is CS(=O)(=O)N(CCCC(=O)Nc1cc(Cl)cc(Cl)c1)c1cccc(Cl)c1. The van der Waals surface area contributed by atoms with E-state index in [9.17, 15) is 13.2 Å². The molecule has 0 unspecified atom stereocenters. The van der Waals surface area contributed by atoms with Gasteiger partial charge in [0.25, 0.3) is 0 Å². The summed E-state index contributed by atoms with van der Waals surface area (Å²) in [4.78, 5) is 12.1. The van der Waals surface area contributed by atoms with E-state index < -0.39 is 10.0 Å². The zero-order valence-electron chi connectivity index (χ0n) is 13.9. The van der Waals surface area contributed by atoms with Crippen molar-refractivity contribution < 1.29 is 13.2 Å². The van der Waals surface area contributed by atoms with Gasteiger partial charge in [0, 0.05) is 33.7 Å². The Morgan fingerprint density at radius 3 is 2.27 bits per heavy atom. The van der Waals surface area contributed by atoms with Crippen molar-refractivity contribution in [2.24, 2.45) is 0 Å². The second-order valence-electron chi connectivity index (χ2n) is 5.62. The number of benzene rings is 2. The zero-order chi connectivity index (χ0) is 19.3. The van der Waals surface area contributed by atoms with Crippen molar-refractivity contribution in [1.82, 2.24) is 0 Å². The van der Waals surface area contributed by atoms with Gasteiger partial charge in [0.1, 0.15) is 0 Å². The summed E-state index contributed by atoms with van der Waals surface area (Å²) in [6.07, 6.45) is 1.58. The number of amides is 1. The topological polar surface area (TPSA) is 66.5 Å². The lowest BCUT2D eigenvalue weighted by Crippen LogP contribution is -2.31. The van der Waals surface area contributed by atoms with Crippen LogP contribution in [0.25, 0.3) is 0 Å². The summed E-state index contributed by atoms with van der Waals surface area (Å²) in [6, 6.07) is 11.3. The molecule has 2 rings (SSSR count). The summed E-state index contributed by atoms with van der Waals surface area (Å²) in [6.45, 7) is 0.156. The third-order valence-corrected chi connectivity index (χ3v) is 5.27. The highest BCUT2D eigenvalue weighted by Gasteiger charge is 2.18. The molecular weight excluding hydrogens is 419 g/mol. The first-order valence-corrected chi connectivity index (χ1v) is 10.6. The number of nitrogens with zero attached hydrogens (tertiary/aromatic N) is 1. The molecule has 0 aliphatic heterocycles. The van der Waals surface area contributed by atoms with Crippen molar-refractivity contribution in [3.8, 4) is 0 Å². The van der Waals surface area contributed by atoms with Crippen molar-refractivity contribution in [3.63, 3.8) is 0 Å². The Hall–Kier alpha value is -1.47. The lowest BCUT2D eigenvalue weighted by Gasteiger charge is -2.22. The molecule has 0 aliphatic rings. The molecule has 26 heavy (non-hydrogen) atoms. The van der Waals surface area contributed by atoms with E-state index in [1.807, 2.05) is 0 Å². The number of carbonyl (C=O) groups excluding carboxylic acids is 1. The second kappa shape index (κ2) is 8.95. The highest BCUT2D eigenvalue weighted by atomic mass is 35.5. The molecule has 2 aromatic rings. The summed E-state index contributed by atoms with van der Waals surface area (Å²) in [5.41, 5.74) is 0.948. The van der Waals surface area contributed by atoms with Crippen LogP contribution in [0.2, 0.25) is 15.1 Å². The van der Waals surface area contributed by atoms with Crippen LogP contribution in [0.15, 0.2) is 42.5 Å². The minimum absolute atomic E-state index is 0.136. The summed E-state index contributed by atoms with van der Waals surface area (Å²) in [5.74, 6) is -0.261. The van der Waals surface area contributed by atoms with Crippen molar-refractivity contribution >= 4 is 62.1 Å². The summed E-state index contributed by atoms with van der Waals surface area (Å²) in [5, 5.41) is 3.95. The van der Waals surface area contributed by atoms with Gasteiger partial charge in [0.05, 0.1) is 11.9 Å². The summed E-state index contributed by atoms with van der Waals surface area (Å²) < 4.78 is 25.3. The quantitative estimate of drug-likeness (QED) is 0.677. The van der Waals surface area contributed by atoms with Gasteiger partial charge in [0.2, 0.25) is 15.9 Å². The number of rotatable bonds is 7. The number of sulfonamides is 1. The maximum atomic E-state index is 12.1. The van der Waals surface area contributed by atoms with Gasteiger partial charge < -0.3 is 5.32 Å². The fourth-order valence-corrected chi connectivity index (χ4v) is 4.02. The smallest absolute Gasteiger partial charge is 0.232 e. The minimum atomic E-state index is -3.49. The average molecular weight is 436 g/mol. The third kappa shape index (κ3) is 6.36. The highest BCUT2D eigenvalue weighted by Crippen LogP contribution is 2.24. The van der Waals surface area contributed by atoms with Gasteiger partial charge in [0.15, 0.2) is 0 Å². The van der Waals surface area contributed by atoms with Gasteiger partial charge in [-0.15, -0.1) is 0 Å². The molecule has 0 aliphatic carbocycles. The van der Waals surface area contributed by atoms with E-state index in [0.29, 0.717) is 32.9 Å². The Bertz CT molecular complexity index is 884. The zero-order valence-corrected chi connectivity index (χ0v) is 17.0. The van der Waals surface area contributed by atoms with E-state index in [1.165, 1.54) is 4.31 Å². The minimum Gasteiger partial charge on any atom is -0.326 e. The summed E-state index contributed by atoms with van der Waals surface area (Å²) in [7, 11) is -3.49. The molecule has 0 saturated carbocycles. The van der Waals surface area contributed by atoms with E-state index in [1.54, 1.807) is 42.5 Å². The molecule has 5 nitrogen and oxygen atoms in total. The number of nitrogens with one attached hydrogen (secondary N) is 1. The van der Waals surface area contributed by atoms with Crippen LogP contribution in [0.3, 0.4) is 0 Å². The molecule has 1 N–H and O–H groups in total. The lowest BCUT2D eigenvalue weighted by molar-refractivity contribution is -0.116. The van der Waals surface area contributed by atoms with Crippen LogP contribution in [-0.4, -0.2) is 27.1 Å². The predicted octanol–water partition coefficient (Wildman–Crippen LogP) is 4.83. The van der Waals surface area contributed by atoms with Gasteiger partial charge in [-0.2, -0.15) is 0 Å². The molecule has 0 fully saturated rings. The van der Waals surface area contributed by atoms with E-state index in [0.717, 1.165) is 6.26 Å². The maximum Gasteiger partial charge on any atom is 0.232 e. The van der Waals surface area contributed by atoms with E-state index in [2.05, 4.69) is 5.32 Å². The van der Waals surface area contributed by atoms with Crippen LogP contribution in [-0.2, 0) is 14.8 Å². The highest BCUT2D eigenvalue weighted by molar-refractivity contribution is 7.92. The molecule has 0 atom stereocenters. The molecule has 0 heterocycles. The van der Waals surface area contributed by atoms with Gasteiger partial charge in [-0.25, -0.2) is 8.42 Å². The van der Waals surface area contributed by atoms with Crippen molar-refractivity contribution in [2.75, 3.05) is 22.4 Å². The van der Waals surface area contributed by atoms with Crippen LogP contribution in [0, 0.1) is 0 Å². The lowest BCUT2D eigenvalue weighted by atomic mass is 10.2. The van der Waals surface area contributed by atoms with Crippen LogP contribution < -0.4 is 9.62 Å². The van der Waals surface area contributed by atoms with Gasteiger partial charge in [-0.05, 0) is 42.8 Å². The molecule has 0 aromatic heterocycles. The number of anilines is 2. The largest absolute Gasteiger partial charge is 0.326 e. The third-order valence-electron chi connectivity index (χ3n) is 3.41. The fraction of sp³-hybridized carbons (Fsp3) is 0.235. The fourth-order valence-electron chi connectivity index (χ4n) is 2.35. The number of hydrogen-bond donors (Lipinski definition) is 1. The van der Waals surface area contributed by atoms with Gasteiger partial charge in [-0.1, -0.05) is 40.9 Å². The predicted molar refractivity (Wildman–Crippen MR) is 108 cm³/mol.